The summed E-state index contributed by atoms with van der Waals surface area (Å²) in [5.74, 6) is -0.509. The fourth-order valence-corrected chi connectivity index (χ4v) is 2.53. The maximum Gasteiger partial charge on any atom is 0.420 e. The Morgan fingerprint density at radius 2 is 2.05 bits per heavy atom. The molecule has 1 atom stereocenters. The summed E-state index contributed by atoms with van der Waals surface area (Å²) in [6.45, 7) is 6.98. The van der Waals surface area contributed by atoms with Crippen LogP contribution < -0.4 is 5.76 Å². The summed E-state index contributed by atoms with van der Waals surface area (Å²) < 4.78 is 6.60. The van der Waals surface area contributed by atoms with Gasteiger partial charge in [-0.15, -0.1) is 0 Å². The van der Waals surface area contributed by atoms with Gasteiger partial charge in [-0.1, -0.05) is 32.4 Å². The van der Waals surface area contributed by atoms with Crippen LogP contribution in [0.3, 0.4) is 0 Å². The summed E-state index contributed by atoms with van der Waals surface area (Å²) in [5.41, 5.74) is 1.18. The average Bonchev–Trinajstić information content (AvgIpc) is 2.83. The van der Waals surface area contributed by atoms with Crippen molar-refractivity contribution in [3.8, 4) is 0 Å². The maximum absolute atomic E-state index is 12.6. The van der Waals surface area contributed by atoms with E-state index < -0.39 is 5.76 Å². The zero-order valence-corrected chi connectivity index (χ0v) is 13.5. The van der Waals surface area contributed by atoms with Gasteiger partial charge in [-0.3, -0.25) is 9.36 Å². The van der Waals surface area contributed by atoms with Crippen LogP contribution in [0.1, 0.15) is 40.0 Å². The van der Waals surface area contributed by atoms with E-state index in [-0.39, 0.29) is 18.5 Å². The number of amides is 1. The number of hydrogen-bond acceptors (Lipinski definition) is 3. The summed E-state index contributed by atoms with van der Waals surface area (Å²) in [4.78, 5) is 26.5. The Balaban J connectivity index is 2.24. The first-order valence-corrected chi connectivity index (χ1v) is 7.96. The molecule has 0 aliphatic carbocycles. The molecule has 0 aliphatic heterocycles. The average molecular weight is 304 g/mol. The number of nitrogens with zero attached hydrogens (tertiary/aromatic N) is 2. The number of rotatable bonds is 7. The van der Waals surface area contributed by atoms with Crippen molar-refractivity contribution in [1.29, 1.82) is 0 Å². The van der Waals surface area contributed by atoms with Gasteiger partial charge in [-0.05, 0) is 31.9 Å². The normalized spacial score (nSPS) is 12.5. The lowest BCUT2D eigenvalue weighted by Crippen LogP contribution is -2.41. The summed E-state index contributed by atoms with van der Waals surface area (Å²) in [5, 5.41) is 0. The Morgan fingerprint density at radius 3 is 2.73 bits per heavy atom. The van der Waals surface area contributed by atoms with Gasteiger partial charge >= 0.3 is 5.76 Å². The molecule has 0 bridgehead atoms. The second kappa shape index (κ2) is 7.29. The van der Waals surface area contributed by atoms with E-state index in [1.165, 1.54) is 4.57 Å². The molecule has 1 aromatic carbocycles. The van der Waals surface area contributed by atoms with Crippen LogP contribution >= 0.6 is 0 Å². The van der Waals surface area contributed by atoms with Gasteiger partial charge in [0.1, 0.15) is 6.54 Å². The first-order chi connectivity index (χ1) is 10.6. The minimum Gasteiger partial charge on any atom is -0.408 e. The molecule has 0 fully saturated rings. The molecule has 0 aliphatic rings. The van der Waals surface area contributed by atoms with Crippen LogP contribution in [-0.2, 0) is 11.3 Å². The SMILES string of the molecule is CCCCN(C(=O)Cn1c(=O)oc2ccccc21)C(C)CC. The zero-order valence-electron chi connectivity index (χ0n) is 13.5. The third-order valence-corrected chi connectivity index (χ3v) is 4.06. The van der Waals surface area contributed by atoms with E-state index in [4.69, 9.17) is 4.42 Å². The van der Waals surface area contributed by atoms with Crippen LogP contribution in [0.4, 0.5) is 0 Å². The van der Waals surface area contributed by atoms with Crippen LogP contribution in [0, 0.1) is 0 Å². The van der Waals surface area contributed by atoms with Crippen molar-refractivity contribution in [1.82, 2.24) is 9.47 Å². The number of fused-ring (bicyclic) bond motifs is 1. The van der Waals surface area contributed by atoms with Gasteiger partial charge in [-0.2, -0.15) is 0 Å². The van der Waals surface area contributed by atoms with E-state index in [9.17, 15) is 9.59 Å². The van der Waals surface area contributed by atoms with Crippen LogP contribution in [0.5, 0.6) is 0 Å². The van der Waals surface area contributed by atoms with Crippen molar-refractivity contribution >= 4 is 17.0 Å². The highest BCUT2D eigenvalue weighted by Crippen LogP contribution is 2.13. The molecule has 120 valence electrons. The Morgan fingerprint density at radius 1 is 1.32 bits per heavy atom. The molecule has 1 heterocycles. The van der Waals surface area contributed by atoms with E-state index in [2.05, 4.69) is 13.8 Å². The van der Waals surface area contributed by atoms with Gasteiger partial charge in [0, 0.05) is 12.6 Å². The Bertz CT molecular complexity index is 687. The fraction of sp³-hybridized carbons (Fsp3) is 0.529. The van der Waals surface area contributed by atoms with Crippen LogP contribution in [0.25, 0.3) is 11.1 Å². The zero-order chi connectivity index (χ0) is 16.1. The van der Waals surface area contributed by atoms with Crippen molar-refractivity contribution in [3.05, 3.63) is 34.8 Å². The largest absolute Gasteiger partial charge is 0.420 e. The smallest absolute Gasteiger partial charge is 0.408 e. The van der Waals surface area contributed by atoms with Crippen molar-refractivity contribution in [2.24, 2.45) is 0 Å². The molecule has 1 unspecified atom stereocenters. The molecule has 0 saturated heterocycles. The summed E-state index contributed by atoms with van der Waals surface area (Å²) in [6, 6.07) is 7.35. The molecule has 0 spiro atoms. The number of oxazole rings is 1. The van der Waals surface area contributed by atoms with Crippen LogP contribution in [0.2, 0.25) is 0 Å². The minimum atomic E-state index is -0.478. The lowest BCUT2D eigenvalue weighted by Gasteiger charge is -2.28. The number of hydrogen-bond donors (Lipinski definition) is 0. The monoisotopic (exact) mass is 304 g/mol. The molecule has 5 heteroatoms. The van der Waals surface area contributed by atoms with Gasteiger partial charge in [0.2, 0.25) is 5.91 Å². The molecular weight excluding hydrogens is 280 g/mol. The first-order valence-electron chi connectivity index (χ1n) is 7.96. The molecule has 0 N–H and O–H groups in total. The molecule has 0 radical (unpaired) electrons. The third kappa shape index (κ3) is 3.40. The number of unbranched alkanes of at least 4 members (excludes halogenated alkanes) is 1. The standard InChI is InChI=1S/C17H24N2O3/c1-4-6-11-18(13(3)5-2)16(20)12-19-14-9-7-8-10-15(14)22-17(19)21/h7-10,13H,4-6,11-12H2,1-3H3. The Kier molecular flexibility index (Phi) is 5.41. The molecule has 2 aromatic rings. The molecule has 5 nitrogen and oxygen atoms in total. The Hall–Kier alpha value is -2.04. The van der Waals surface area contributed by atoms with E-state index in [0.29, 0.717) is 11.1 Å². The summed E-state index contributed by atoms with van der Waals surface area (Å²) in [7, 11) is 0. The van der Waals surface area contributed by atoms with Gasteiger partial charge in [0.15, 0.2) is 5.58 Å². The minimum absolute atomic E-state index is 0.0311. The van der Waals surface area contributed by atoms with Crippen molar-refractivity contribution in [2.75, 3.05) is 6.54 Å². The molecule has 0 saturated carbocycles. The van der Waals surface area contributed by atoms with Gasteiger partial charge in [-0.25, -0.2) is 4.79 Å². The molecule has 22 heavy (non-hydrogen) atoms. The molecule has 1 amide bonds. The van der Waals surface area contributed by atoms with Crippen molar-refractivity contribution in [2.45, 2.75) is 52.6 Å². The number of aromatic nitrogens is 1. The van der Waals surface area contributed by atoms with Gasteiger partial charge in [0.25, 0.3) is 0 Å². The van der Waals surface area contributed by atoms with E-state index in [1.807, 2.05) is 24.0 Å². The highest BCUT2D eigenvalue weighted by atomic mass is 16.4. The van der Waals surface area contributed by atoms with Crippen molar-refractivity contribution < 1.29 is 9.21 Å². The second-order valence-corrected chi connectivity index (χ2v) is 5.62. The lowest BCUT2D eigenvalue weighted by atomic mass is 10.2. The molecule has 2 rings (SSSR count). The number of para-hydroxylation sites is 2. The predicted molar refractivity (Wildman–Crippen MR) is 86.8 cm³/mol. The second-order valence-electron chi connectivity index (χ2n) is 5.62. The first kappa shape index (κ1) is 16.3. The van der Waals surface area contributed by atoms with Gasteiger partial charge < -0.3 is 9.32 Å². The van der Waals surface area contributed by atoms with Crippen LogP contribution in [-0.4, -0.2) is 28.0 Å². The fourth-order valence-electron chi connectivity index (χ4n) is 2.53. The quantitative estimate of drug-likeness (QED) is 0.790. The van der Waals surface area contributed by atoms with E-state index in [0.717, 1.165) is 25.8 Å². The lowest BCUT2D eigenvalue weighted by molar-refractivity contribution is -0.134. The number of carbonyl (C=O) groups is 1. The summed E-state index contributed by atoms with van der Waals surface area (Å²) in [6.07, 6.45) is 2.91. The van der Waals surface area contributed by atoms with Crippen LogP contribution in [0.15, 0.2) is 33.5 Å². The highest BCUT2D eigenvalue weighted by Gasteiger charge is 2.20. The number of carbonyl (C=O) groups excluding carboxylic acids is 1. The van der Waals surface area contributed by atoms with E-state index in [1.54, 1.807) is 12.1 Å². The summed E-state index contributed by atoms with van der Waals surface area (Å²) >= 11 is 0. The Labute approximate surface area is 130 Å². The van der Waals surface area contributed by atoms with Crippen molar-refractivity contribution in [3.63, 3.8) is 0 Å². The predicted octanol–water partition coefficient (Wildman–Crippen LogP) is 3.02. The topological polar surface area (TPSA) is 55.5 Å². The highest BCUT2D eigenvalue weighted by molar-refractivity contribution is 5.79. The van der Waals surface area contributed by atoms with Gasteiger partial charge in [0.05, 0.1) is 5.52 Å². The third-order valence-electron chi connectivity index (χ3n) is 4.06. The van der Waals surface area contributed by atoms with E-state index >= 15 is 0 Å². The molecular formula is C17H24N2O3. The number of benzene rings is 1. The maximum atomic E-state index is 12.6. The molecule has 1 aromatic heterocycles.